The molecular formula is C22H25F3N2O7S2. The summed E-state index contributed by atoms with van der Waals surface area (Å²) in [6.45, 7) is 3.90. The van der Waals surface area contributed by atoms with Crippen LogP contribution in [-0.2, 0) is 19.6 Å². The molecule has 1 atom stereocenters. The Hall–Kier alpha value is -2.84. The van der Waals surface area contributed by atoms with Gasteiger partial charge in [0.1, 0.15) is 16.0 Å². The van der Waals surface area contributed by atoms with Crippen LogP contribution >= 0.6 is 11.3 Å². The number of alkyl halides is 3. The summed E-state index contributed by atoms with van der Waals surface area (Å²) in [5, 5.41) is 9.70. The second kappa shape index (κ2) is 11.0. The molecule has 36 heavy (non-hydrogen) atoms. The lowest BCUT2D eigenvalue weighted by Gasteiger charge is -2.34. The third-order valence-corrected chi connectivity index (χ3v) is 8.44. The maximum Gasteiger partial charge on any atom is 0.573 e. The number of aliphatic carboxylic acids is 1. The Bertz CT molecular complexity index is 1170. The van der Waals surface area contributed by atoms with Crippen molar-refractivity contribution < 1.29 is 45.8 Å². The molecule has 1 amide bonds. The molecule has 0 bridgehead atoms. The molecule has 3 rings (SSSR count). The first-order valence-electron chi connectivity index (χ1n) is 10.9. The second-order valence-corrected chi connectivity index (χ2v) is 11.4. The fourth-order valence-electron chi connectivity index (χ4n) is 3.71. The van der Waals surface area contributed by atoms with E-state index in [9.17, 15) is 36.3 Å². The largest absolute Gasteiger partial charge is 0.573 e. The minimum atomic E-state index is -4.83. The van der Waals surface area contributed by atoms with E-state index < -0.39 is 46.2 Å². The quantitative estimate of drug-likeness (QED) is 0.503. The number of hydrogen-bond donors (Lipinski definition) is 2. The normalized spacial score (nSPS) is 16.1. The summed E-state index contributed by atoms with van der Waals surface area (Å²) in [7, 11) is -4.21. The van der Waals surface area contributed by atoms with Crippen LogP contribution in [0.5, 0.6) is 5.75 Å². The van der Waals surface area contributed by atoms with E-state index in [4.69, 9.17) is 4.74 Å². The van der Waals surface area contributed by atoms with Crippen LogP contribution in [0.25, 0.3) is 10.4 Å². The number of thiophene rings is 1. The van der Waals surface area contributed by atoms with Gasteiger partial charge in [-0.3, -0.25) is 4.79 Å². The Labute approximate surface area is 209 Å². The molecular weight excluding hydrogens is 525 g/mol. The van der Waals surface area contributed by atoms with Crippen LogP contribution in [0.2, 0.25) is 0 Å². The molecule has 0 spiro atoms. The highest BCUT2D eigenvalue weighted by atomic mass is 32.2. The minimum Gasteiger partial charge on any atom is -0.480 e. The number of hydrogen-bond acceptors (Lipinski definition) is 7. The SMILES string of the molecule is CC(C)OC(=O)N1CCC([C@@H](NS(=O)(=O)c2ccc(-c3ccc(OC(F)(F)F)cc3)s2)C(=O)O)CC1. The summed E-state index contributed by atoms with van der Waals surface area (Å²) in [6.07, 6.45) is -5.08. The van der Waals surface area contributed by atoms with Gasteiger partial charge in [-0.2, -0.15) is 4.72 Å². The van der Waals surface area contributed by atoms with Crippen LogP contribution in [-0.4, -0.2) is 62.1 Å². The number of carboxylic acids is 1. The molecule has 1 saturated heterocycles. The van der Waals surface area contributed by atoms with Gasteiger partial charge in [-0.1, -0.05) is 0 Å². The van der Waals surface area contributed by atoms with Crippen molar-refractivity contribution in [3.05, 3.63) is 36.4 Å². The zero-order chi connectivity index (χ0) is 26.7. The van der Waals surface area contributed by atoms with Crippen molar-refractivity contribution in [1.29, 1.82) is 0 Å². The first-order chi connectivity index (χ1) is 16.7. The lowest BCUT2D eigenvalue weighted by Crippen LogP contribution is -2.50. The smallest absolute Gasteiger partial charge is 0.480 e. The lowest BCUT2D eigenvalue weighted by molar-refractivity contribution is -0.274. The van der Waals surface area contributed by atoms with Gasteiger partial charge in [-0.15, -0.1) is 24.5 Å². The number of carbonyl (C=O) groups is 2. The first-order valence-corrected chi connectivity index (χ1v) is 13.2. The Morgan fingerprint density at radius 3 is 2.25 bits per heavy atom. The molecule has 2 heterocycles. The van der Waals surface area contributed by atoms with Crippen molar-refractivity contribution in [3.63, 3.8) is 0 Å². The standard InChI is InChI=1S/C22H25F3N2O7S2/c1-13(2)33-21(30)27-11-9-15(10-12-27)19(20(28)29)26-36(31,32)18-8-7-17(35-18)14-3-5-16(6-4-14)34-22(23,24)25/h3-8,13,15,19,26H,9-12H2,1-2H3,(H,28,29)/t19-/m1/s1. The van der Waals surface area contributed by atoms with E-state index in [2.05, 4.69) is 9.46 Å². The van der Waals surface area contributed by atoms with Crippen molar-refractivity contribution in [2.75, 3.05) is 13.1 Å². The van der Waals surface area contributed by atoms with Gasteiger partial charge in [0, 0.05) is 18.0 Å². The van der Waals surface area contributed by atoms with E-state index in [1.165, 1.54) is 29.2 Å². The molecule has 1 aliphatic heterocycles. The van der Waals surface area contributed by atoms with Crippen LogP contribution in [0, 0.1) is 5.92 Å². The van der Waals surface area contributed by atoms with Crippen molar-refractivity contribution in [2.24, 2.45) is 5.92 Å². The number of nitrogens with one attached hydrogen (secondary N) is 1. The number of halogens is 3. The molecule has 1 fully saturated rings. The van der Waals surface area contributed by atoms with Crippen LogP contribution in [0.15, 0.2) is 40.6 Å². The average molecular weight is 551 g/mol. The molecule has 0 radical (unpaired) electrons. The van der Waals surface area contributed by atoms with Crippen molar-refractivity contribution in [2.45, 2.75) is 49.4 Å². The molecule has 14 heteroatoms. The summed E-state index contributed by atoms with van der Waals surface area (Å²) < 4.78 is 74.0. The minimum absolute atomic E-state index is 0.141. The molecule has 1 aromatic heterocycles. The van der Waals surface area contributed by atoms with E-state index in [0.717, 1.165) is 23.5 Å². The van der Waals surface area contributed by atoms with Gasteiger partial charge in [-0.25, -0.2) is 13.2 Å². The zero-order valence-corrected chi connectivity index (χ0v) is 21.0. The van der Waals surface area contributed by atoms with Gasteiger partial charge in [0.25, 0.3) is 10.0 Å². The van der Waals surface area contributed by atoms with Crippen molar-refractivity contribution in [1.82, 2.24) is 9.62 Å². The average Bonchev–Trinajstić information content (AvgIpc) is 3.28. The number of piperidine rings is 1. The van der Waals surface area contributed by atoms with Crippen LogP contribution in [0.1, 0.15) is 26.7 Å². The number of carbonyl (C=O) groups excluding carboxylic acids is 1. The van der Waals surface area contributed by atoms with Crippen molar-refractivity contribution in [3.8, 4) is 16.2 Å². The fourth-order valence-corrected chi connectivity index (χ4v) is 6.29. The van der Waals surface area contributed by atoms with Gasteiger partial charge >= 0.3 is 18.4 Å². The molecule has 198 valence electrons. The molecule has 0 unspecified atom stereocenters. The number of sulfonamides is 1. The molecule has 1 aliphatic rings. The van der Waals surface area contributed by atoms with E-state index >= 15 is 0 Å². The molecule has 0 aliphatic carbocycles. The predicted molar refractivity (Wildman–Crippen MR) is 124 cm³/mol. The summed E-state index contributed by atoms with van der Waals surface area (Å²) in [5.74, 6) is -2.29. The summed E-state index contributed by atoms with van der Waals surface area (Å²) in [6, 6.07) is 6.31. The number of likely N-dealkylation sites (tertiary alicyclic amines) is 1. The molecule has 2 N–H and O–H groups in total. The van der Waals surface area contributed by atoms with Crippen molar-refractivity contribution >= 4 is 33.4 Å². The summed E-state index contributed by atoms with van der Waals surface area (Å²) >= 11 is 0.846. The first kappa shape index (κ1) is 27.7. The third-order valence-electron chi connectivity index (χ3n) is 5.37. The van der Waals surface area contributed by atoms with Crippen LogP contribution in [0.3, 0.4) is 0 Å². The van der Waals surface area contributed by atoms with E-state index in [0.29, 0.717) is 10.4 Å². The van der Waals surface area contributed by atoms with E-state index in [-0.39, 0.29) is 36.2 Å². The highest BCUT2D eigenvalue weighted by molar-refractivity contribution is 7.91. The van der Waals surface area contributed by atoms with Gasteiger partial charge in [-0.05, 0) is 74.6 Å². The number of benzene rings is 1. The number of amides is 1. The Balaban J connectivity index is 1.68. The molecule has 0 saturated carbocycles. The predicted octanol–water partition coefficient (Wildman–Crippen LogP) is 4.30. The molecule has 1 aromatic carbocycles. The maximum atomic E-state index is 12.9. The Morgan fingerprint density at radius 1 is 1.11 bits per heavy atom. The van der Waals surface area contributed by atoms with Crippen LogP contribution in [0.4, 0.5) is 18.0 Å². The molecule has 2 aromatic rings. The Morgan fingerprint density at radius 2 is 1.72 bits per heavy atom. The van der Waals surface area contributed by atoms with Crippen LogP contribution < -0.4 is 9.46 Å². The van der Waals surface area contributed by atoms with Gasteiger partial charge in [0.05, 0.1) is 6.10 Å². The fraction of sp³-hybridized carbons (Fsp3) is 0.455. The highest BCUT2D eigenvalue weighted by Crippen LogP contribution is 2.33. The third kappa shape index (κ3) is 7.34. The van der Waals surface area contributed by atoms with Gasteiger partial charge in [0.15, 0.2) is 0 Å². The molecule has 9 nitrogen and oxygen atoms in total. The lowest BCUT2D eigenvalue weighted by atomic mass is 9.90. The summed E-state index contributed by atoms with van der Waals surface area (Å²) in [5.41, 5.74) is 0.464. The maximum absolute atomic E-state index is 12.9. The Kier molecular flexibility index (Phi) is 8.52. The zero-order valence-electron chi connectivity index (χ0n) is 19.3. The van der Waals surface area contributed by atoms with E-state index in [1.807, 2.05) is 0 Å². The monoisotopic (exact) mass is 550 g/mol. The topological polar surface area (TPSA) is 122 Å². The summed E-state index contributed by atoms with van der Waals surface area (Å²) in [4.78, 5) is 25.9. The number of ether oxygens (including phenoxy) is 2. The number of rotatable bonds is 8. The van der Waals surface area contributed by atoms with Gasteiger partial charge < -0.3 is 19.5 Å². The number of carboxylic acid groups (broad SMARTS) is 1. The van der Waals surface area contributed by atoms with Gasteiger partial charge in [0.2, 0.25) is 0 Å². The second-order valence-electron chi connectivity index (χ2n) is 8.39. The van der Waals surface area contributed by atoms with E-state index in [1.54, 1.807) is 13.8 Å². The number of nitrogens with zero attached hydrogens (tertiary/aromatic N) is 1. The highest BCUT2D eigenvalue weighted by Gasteiger charge is 2.36.